The van der Waals surface area contributed by atoms with E-state index in [0.29, 0.717) is 35.9 Å². The first-order valence-corrected chi connectivity index (χ1v) is 12.3. The Morgan fingerprint density at radius 1 is 0.750 bits per heavy atom. The number of fused-ring (bicyclic) bond motifs is 1. The molecule has 36 heavy (non-hydrogen) atoms. The Kier molecular flexibility index (Phi) is 8.25. The highest BCUT2D eigenvalue weighted by Gasteiger charge is 2.25. The van der Waals surface area contributed by atoms with Gasteiger partial charge < -0.3 is 28.6 Å². The lowest BCUT2D eigenvalue weighted by molar-refractivity contribution is 0.0646. The molecule has 1 aliphatic carbocycles. The molecule has 1 fully saturated rings. The zero-order chi connectivity index (χ0) is 25.7. The van der Waals surface area contributed by atoms with E-state index in [0.717, 1.165) is 50.4 Å². The van der Waals surface area contributed by atoms with Gasteiger partial charge in [0.05, 0.1) is 35.5 Å². The van der Waals surface area contributed by atoms with Crippen molar-refractivity contribution in [2.24, 2.45) is 0 Å². The predicted molar refractivity (Wildman–Crippen MR) is 139 cm³/mol. The molecule has 0 aromatic heterocycles. The van der Waals surface area contributed by atoms with Crippen LogP contribution in [0, 0.1) is 0 Å². The fourth-order valence-corrected chi connectivity index (χ4v) is 4.99. The van der Waals surface area contributed by atoms with Crippen molar-refractivity contribution in [3.05, 3.63) is 46.5 Å². The molecular formula is C28H36N2O6. The normalized spacial score (nSPS) is 15.9. The molecule has 1 saturated heterocycles. The molecule has 2 aromatic carbocycles. The highest BCUT2D eigenvalue weighted by molar-refractivity contribution is 5.95. The van der Waals surface area contributed by atoms with Gasteiger partial charge in [0, 0.05) is 38.3 Å². The standard InChI is InChI=1S/C28H36N2O6/c1-32-23-14-20-8-6-7-19(13-21(20)15-24(23)33-2)18-29-9-11-30(12-10-29)28(31)22-16-25(34-3)27(36-5)26(17-22)35-4/h13-17H,6-12,18H2,1-5H3. The van der Waals surface area contributed by atoms with Crippen molar-refractivity contribution in [3.63, 3.8) is 0 Å². The van der Waals surface area contributed by atoms with E-state index in [1.807, 2.05) is 4.90 Å². The fourth-order valence-electron chi connectivity index (χ4n) is 4.99. The number of aryl methyl sites for hydroxylation is 1. The average molecular weight is 497 g/mol. The second-order valence-corrected chi connectivity index (χ2v) is 9.04. The van der Waals surface area contributed by atoms with Crippen LogP contribution in [0.5, 0.6) is 28.7 Å². The number of amides is 1. The third-order valence-corrected chi connectivity index (χ3v) is 6.95. The number of hydrogen-bond donors (Lipinski definition) is 0. The van der Waals surface area contributed by atoms with Crippen LogP contribution in [0.2, 0.25) is 0 Å². The molecule has 8 nitrogen and oxygen atoms in total. The summed E-state index contributed by atoms with van der Waals surface area (Å²) in [4.78, 5) is 17.6. The van der Waals surface area contributed by atoms with Crippen LogP contribution in [0.1, 0.15) is 34.3 Å². The van der Waals surface area contributed by atoms with Crippen LogP contribution in [0.4, 0.5) is 0 Å². The summed E-state index contributed by atoms with van der Waals surface area (Å²) >= 11 is 0. The number of carbonyl (C=O) groups excluding carboxylic acids is 1. The van der Waals surface area contributed by atoms with Crippen LogP contribution in [-0.4, -0.2) is 84.0 Å². The van der Waals surface area contributed by atoms with Gasteiger partial charge >= 0.3 is 0 Å². The third kappa shape index (κ3) is 5.38. The topological polar surface area (TPSA) is 69.7 Å². The number of hydrogen-bond acceptors (Lipinski definition) is 7. The van der Waals surface area contributed by atoms with Gasteiger partial charge in [0.2, 0.25) is 5.75 Å². The summed E-state index contributed by atoms with van der Waals surface area (Å²) < 4.78 is 27.2. The Hall–Kier alpha value is -3.39. The second kappa shape index (κ2) is 11.6. The second-order valence-electron chi connectivity index (χ2n) is 9.04. The molecule has 8 heteroatoms. The van der Waals surface area contributed by atoms with Crippen molar-refractivity contribution in [1.29, 1.82) is 0 Å². The lowest BCUT2D eigenvalue weighted by Gasteiger charge is -2.35. The van der Waals surface area contributed by atoms with Crippen LogP contribution >= 0.6 is 0 Å². The minimum absolute atomic E-state index is 0.0300. The van der Waals surface area contributed by atoms with Gasteiger partial charge in [-0.3, -0.25) is 9.69 Å². The first-order valence-electron chi connectivity index (χ1n) is 12.3. The number of ether oxygens (including phenoxy) is 5. The molecule has 0 N–H and O–H groups in total. The van der Waals surface area contributed by atoms with E-state index >= 15 is 0 Å². The Labute approximate surface area is 213 Å². The Morgan fingerprint density at radius 3 is 1.94 bits per heavy atom. The average Bonchev–Trinajstić information content (AvgIpc) is 3.12. The van der Waals surface area contributed by atoms with Crippen LogP contribution in [-0.2, 0) is 6.42 Å². The Bertz CT molecular complexity index is 1100. The zero-order valence-corrected chi connectivity index (χ0v) is 21.9. The summed E-state index contributed by atoms with van der Waals surface area (Å²) in [5.41, 5.74) is 4.44. The molecule has 0 atom stereocenters. The van der Waals surface area contributed by atoms with Gasteiger partial charge in [-0.2, -0.15) is 0 Å². The minimum atomic E-state index is -0.0300. The van der Waals surface area contributed by atoms with Crippen molar-refractivity contribution < 1.29 is 28.5 Å². The molecule has 2 aromatic rings. The monoisotopic (exact) mass is 496 g/mol. The van der Waals surface area contributed by atoms with E-state index in [1.54, 1.807) is 47.7 Å². The maximum absolute atomic E-state index is 13.2. The molecule has 0 radical (unpaired) electrons. The van der Waals surface area contributed by atoms with Crippen molar-refractivity contribution in [1.82, 2.24) is 9.80 Å². The van der Waals surface area contributed by atoms with Crippen molar-refractivity contribution >= 4 is 12.0 Å². The molecule has 1 heterocycles. The summed E-state index contributed by atoms with van der Waals surface area (Å²) in [5.74, 6) is 2.95. The van der Waals surface area contributed by atoms with Crippen LogP contribution in [0.3, 0.4) is 0 Å². The molecule has 1 aliphatic heterocycles. The van der Waals surface area contributed by atoms with E-state index in [2.05, 4.69) is 23.1 Å². The highest BCUT2D eigenvalue weighted by atomic mass is 16.5. The van der Waals surface area contributed by atoms with Crippen LogP contribution < -0.4 is 23.7 Å². The summed E-state index contributed by atoms with van der Waals surface area (Å²) in [6, 6.07) is 7.61. The van der Waals surface area contributed by atoms with Gasteiger partial charge in [0.1, 0.15) is 0 Å². The summed E-state index contributed by atoms with van der Waals surface area (Å²) in [7, 11) is 8.00. The smallest absolute Gasteiger partial charge is 0.254 e. The van der Waals surface area contributed by atoms with Crippen LogP contribution in [0.15, 0.2) is 29.8 Å². The summed E-state index contributed by atoms with van der Waals surface area (Å²) in [6.07, 6.45) is 5.49. The van der Waals surface area contributed by atoms with Crippen LogP contribution in [0.25, 0.3) is 6.08 Å². The molecule has 4 rings (SSSR count). The molecular weight excluding hydrogens is 460 g/mol. The first kappa shape index (κ1) is 25.7. The zero-order valence-electron chi connectivity index (χ0n) is 21.9. The van der Waals surface area contributed by atoms with Gasteiger partial charge in [0.25, 0.3) is 5.91 Å². The van der Waals surface area contributed by atoms with Gasteiger partial charge in [0.15, 0.2) is 23.0 Å². The molecule has 2 aliphatic rings. The van der Waals surface area contributed by atoms with Gasteiger partial charge in [-0.05, 0) is 54.7 Å². The Balaban J connectivity index is 1.42. The number of methoxy groups -OCH3 is 5. The van der Waals surface area contributed by atoms with Crippen molar-refractivity contribution in [2.75, 3.05) is 68.3 Å². The van der Waals surface area contributed by atoms with Crippen molar-refractivity contribution in [2.45, 2.75) is 19.3 Å². The molecule has 1 amide bonds. The fraction of sp³-hybridized carbons (Fsp3) is 0.464. The molecule has 194 valence electrons. The molecule has 0 unspecified atom stereocenters. The van der Waals surface area contributed by atoms with E-state index in [-0.39, 0.29) is 5.91 Å². The van der Waals surface area contributed by atoms with Gasteiger partial charge in [-0.1, -0.05) is 11.6 Å². The highest BCUT2D eigenvalue weighted by Crippen LogP contribution is 2.38. The summed E-state index contributed by atoms with van der Waals surface area (Å²) in [5, 5.41) is 0. The Morgan fingerprint density at radius 2 is 1.36 bits per heavy atom. The summed E-state index contributed by atoms with van der Waals surface area (Å²) in [6.45, 7) is 3.90. The largest absolute Gasteiger partial charge is 0.493 e. The van der Waals surface area contributed by atoms with Gasteiger partial charge in [-0.25, -0.2) is 0 Å². The van der Waals surface area contributed by atoms with Gasteiger partial charge in [-0.15, -0.1) is 0 Å². The molecule has 0 bridgehead atoms. The quantitative estimate of drug-likeness (QED) is 0.549. The number of carbonyl (C=O) groups is 1. The first-order chi connectivity index (χ1) is 17.5. The van der Waals surface area contributed by atoms with E-state index in [9.17, 15) is 4.79 Å². The maximum atomic E-state index is 13.2. The van der Waals surface area contributed by atoms with Crippen molar-refractivity contribution in [3.8, 4) is 28.7 Å². The molecule has 0 spiro atoms. The number of piperazine rings is 1. The number of benzene rings is 2. The van der Waals surface area contributed by atoms with E-state index in [1.165, 1.54) is 16.7 Å². The minimum Gasteiger partial charge on any atom is -0.493 e. The lowest BCUT2D eigenvalue weighted by atomic mass is 10.0. The van der Waals surface area contributed by atoms with E-state index < -0.39 is 0 Å². The predicted octanol–water partition coefficient (Wildman–Crippen LogP) is 3.91. The maximum Gasteiger partial charge on any atom is 0.254 e. The SMILES string of the molecule is COc1cc2c(cc1OC)CCCC(CN1CCN(C(=O)c3cc(OC)c(OC)c(OC)c3)CC1)=C2. The third-order valence-electron chi connectivity index (χ3n) is 6.95. The number of rotatable bonds is 8. The number of nitrogens with zero attached hydrogens (tertiary/aromatic N) is 2. The van der Waals surface area contributed by atoms with E-state index in [4.69, 9.17) is 23.7 Å². The lowest BCUT2D eigenvalue weighted by Crippen LogP contribution is -2.49. The molecule has 0 saturated carbocycles.